The lowest BCUT2D eigenvalue weighted by molar-refractivity contribution is -0.116. The molecule has 0 unspecified atom stereocenters. The zero-order valence-electron chi connectivity index (χ0n) is 13.5. The SMILES string of the molecule is Nc1nc(=S)c(CCC(=O)Nc2ccccc2)c(-c2ccccc2)[nH]1. The molecule has 0 spiro atoms. The molecule has 1 aromatic heterocycles. The third-order valence-electron chi connectivity index (χ3n) is 3.76. The quantitative estimate of drug-likeness (QED) is 0.608. The smallest absolute Gasteiger partial charge is 0.224 e. The standard InChI is InChI=1S/C19H18N4OS/c20-19-22-17(13-7-3-1-4-8-13)15(18(25)23-19)11-12-16(24)21-14-9-5-2-6-10-14/h1-10H,11-12H2,(H,21,24)(H3,20,22,23,25). The molecule has 4 N–H and O–H groups in total. The number of nitrogen functional groups attached to an aromatic ring is 1. The van der Waals surface area contributed by atoms with Gasteiger partial charge in [0.1, 0.15) is 4.64 Å². The lowest BCUT2D eigenvalue weighted by Crippen LogP contribution is -2.13. The minimum absolute atomic E-state index is 0.0727. The molecule has 126 valence electrons. The Morgan fingerprint density at radius 3 is 2.40 bits per heavy atom. The van der Waals surface area contributed by atoms with E-state index in [1.165, 1.54) is 0 Å². The van der Waals surface area contributed by atoms with Gasteiger partial charge >= 0.3 is 0 Å². The summed E-state index contributed by atoms with van der Waals surface area (Å²) >= 11 is 5.37. The van der Waals surface area contributed by atoms with Gasteiger partial charge in [-0.3, -0.25) is 4.79 Å². The van der Waals surface area contributed by atoms with Gasteiger partial charge in [-0.25, -0.2) is 4.98 Å². The summed E-state index contributed by atoms with van der Waals surface area (Å²) in [6.45, 7) is 0. The number of rotatable bonds is 5. The van der Waals surface area contributed by atoms with Crippen molar-refractivity contribution < 1.29 is 4.79 Å². The molecule has 0 atom stereocenters. The first kappa shape index (κ1) is 16.9. The van der Waals surface area contributed by atoms with Crippen LogP contribution in [-0.2, 0) is 11.2 Å². The van der Waals surface area contributed by atoms with Gasteiger partial charge in [0.15, 0.2) is 5.95 Å². The number of H-pyrrole nitrogens is 1. The summed E-state index contributed by atoms with van der Waals surface area (Å²) in [4.78, 5) is 19.4. The Morgan fingerprint density at radius 1 is 1.08 bits per heavy atom. The van der Waals surface area contributed by atoms with Crippen LogP contribution in [0.2, 0.25) is 0 Å². The van der Waals surface area contributed by atoms with Crippen LogP contribution in [0.1, 0.15) is 12.0 Å². The number of nitrogens with zero attached hydrogens (tertiary/aromatic N) is 1. The van der Waals surface area contributed by atoms with E-state index < -0.39 is 0 Å². The van der Waals surface area contributed by atoms with Crippen LogP contribution >= 0.6 is 12.2 Å². The third-order valence-corrected chi connectivity index (χ3v) is 4.09. The van der Waals surface area contributed by atoms with E-state index in [1.807, 2.05) is 60.7 Å². The molecular formula is C19H18N4OS. The van der Waals surface area contributed by atoms with Crippen molar-refractivity contribution in [3.05, 3.63) is 70.9 Å². The number of carbonyl (C=O) groups excluding carboxylic acids is 1. The Bertz CT molecular complexity index is 923. The van der Waals surface area contributed by atoms with Crippen LogP contribution in [0.5, 0.6) is 0 Å². The van der Waals surface area contributed by atoms with Gasteiger partial charge in [-0.15, -0.1) is 0 Å². The highest BCUT2D eigenvalue weighted by molar-refractivity contribution is 7.71. The molecule has 0 saturated heterocycles. The second-order valence-corrected chi connectivity index (χ2v) is 5.95. The summed E-state index contributed by atoms with van der Waals surface area (Å²) in [5.74, 6) is 0.192. The van der Waals surface area contributed by atoms with E-state index in [2.05, 4.69) is 15.3 Å². The van der Waals surface area contributed by atoms with Gasteiger partial charge in [0.05, 0.1) is 5.69 Å². The van der Waals surface area contributed by atoms with E-state index in [0.29, 0.717) is 17.5 Å². The first-order valence-corrected chi connectivity index (χ1v) is 8.33. The van der Waals surface area contributed by atoms with Crippen LogP contribution in [0, 0.1) is 4.64 Å². The predicted octanol–water partition coefficient (Wildman–Crippen LogP) is 3.96. The lowest BCUT2D eigenvalue weighted by atomic mass is 10.0. The number of nitrogens with one attached hydrogen (secondary N) is 2. The summed E-state index contributed by atoms with van der Waals surface area (Å²) in [6.07, 6.45) is 0.781. The van der Waals surface area contributed by atoms with Gasteiger partial charge in [0.25, 0.3) is 0 Å². The average Bonchev–Trinajstić information content (AvgIpc) is 2.62. The molecule has 0 aliphatic heterocycles. The molecular weight excluding hydrogens is 332 g/mol. The molecule has 1 amide bonds. The average molecular weight is 350 g/mol. The van der Waals surface area contributed by atoms with Crippen LogP contribution in [0.3, 0.4) is 0 Å². The van der Waals surface area contributed by atoms with Crippen molar-refractivity contribution in [2.24, 2.45) is 0 Å². The fourth-order valence-corrected chi connectivity index (χ4v) is 2.88. The third kappa shape index (κ3) is 4.30. The highest BCUT2D eigenvalue weighted by Gasteiger charge is 2.12. The first-order valence-electron chi connectivity index (χ1n) is 7.92. The van der Waals surface area contributed by atoms with E-state index in [-0.39, 0.29) is 11.9 Å². The Balaban J connectivity index is 1.80. The fraction of sp³-hybridized carbons (Fsp3) is 0.105. The molecule has 0 aliphatic carbocycles. The lowest BCUT2D eigenvalue weighted by Gasteiger charge is -2.11. The molecule has 0 radical (unpaired) electrons. The van der Waals surface area contributed by atoms with Crippen molar-refractivity contribution in [2.75, 3.05) is 11.1 Å². The molecule has 5 nitrogen and oxygen atoms in total. The molecule has 6 heteroatoms. The molecule has 0 saturated carbocycles. The highest BCUT2D eigenvalue weighted by Crippen LogP contribution is 2.24. The molecule has 3 aromatic rings. The van der Waals surface area contributed by atoms with Crippen LogP contribution in [0.15, 0.2) is 60.7 Å². The number of nitrogens with two attached hydrogens (primary N) is 1. The molecule has 0 aliphatic rings. The van der Waals surface area contributed by atoms with Gasteiger partial charge in [-0.05, 0) is 24.1 Å². The van der Waals surface area contributed by atoms with Gasteiger partial charge in [-0.1, -0.05) is 60.7 Å². The second kappa shape index (κ2) is 7.72. The second-order valence-electron chi connectivity index (χ2n) is 5.56. The molecule has 2 aromatic carbocycles. The van der Waals surface area contributed by atoms with E-state index in [9.17, 15) is 4.79 Å². The number of hydrogen-bond donors (Lipinski definition) is 3. The van der Waals surface area contributed by atoms with Crippen molar-refractivity contribution in [3.8, 4) is 11.3 Å². The van der Waals surface area contributed by atoms with E-state index in [4.69, 9.17) is 18.0 Å². The number of benzene rings is 2. The van der Waals surface area contributed by atoms with Gasteiger partial charge in [0.2, 0.25) is 5.91 Å². The summed E-state index contributed by atoms with van der Waals surface area (Å²) in [7, 11) is 0. The predicted molar refractivity (Wildman–Crippen MR) is 103 cm³/mol. The molecule has 0 fully saturated rings. The number of hydrogen-bond acceptors (Lipinski definition) is 4. The van der Waals surface area contributed by atoms with Crippen molar-refractivity contribution >= 4 is 29.8 Å². The molecule has 1 heterocycles. The van der Waals surface area contributed by atoms with Crippen LogP contribution in [0.25, 0.3) is 11.3 Å². The Morgan fingerprint density at radius 2 is 1.72 bits per heavy atom. The van der Waals surface area contributed by atoms with Gasteiger partial charge in [-0.2, -0.15) is 0 Å². The zero-order chi connectivity index (χ0) is 17.6. The molecule has 25 heavy (non-hydrogen) atoms. The van der Waals surface area contributed by atoms with E-state index in [0.717, 1.165) is 22.5 Å². The summed E-state index contributed by atoms with van der Waals surface area (Å²) < 4.78 is 0.419. The van der Waals surface area contributed by atoms with Crippen molar-refractivity contribution in [2.45, 2.75) is 12.8 Å². The number of carbonyl (C=O) groups is 1. The minimum Gasteiger partial charge on any atom is -0.369 e. The van der Waals surface area contributed by atoms with Crippen molar-refractivity contribution in [1.29, 1.82) is 0 Å². The van der Waals surface area contributed by atoms with E-state index >= 15 is 0 Å². The summed E-state index contributed by atoms with van der Waals surface area (Å²) in [5.41, 5.74) is 9.17. The Labute approximate surface area is 150 Å². The van der Waals surface area contributed by atoms with Crippen LogP contribution in [-0.4, -0.2) is 15.9 Å². The molecule has 3 rings (SSSR count). The number of amides is 1. The zero-order valence-corrected chi connectivity index (χ0v) is 14.3. The maximum absolute atomic E-state index is 12.2. The van der Waals surface area contributed by atoms with Gasteiger partial charge in [0, 0.05) is 17.7 Å². The van der Waals surface area contributed by atoms with Crippen LogP contribution in [0.4, 0.5) is 11.6 Å². The van der Waals surface area contributed by atoms with E-state index in [1.54, 1.807) is 0 Å². The first-order chi connectivity index (χ1) is 12.1. The van der Waals surface area contributed by atoms with Crippen molar-refractivity contribution in [3.63, 3.8) is 0 Å². The molecule has 0 bridgehead atoms. The van der Waals surface area contributed by atoms with Crippen molar-refractivity contribution in [1.82, 2.24) is 9.97 Å². The fourth-order valence-electron chi connectivity index (χ4n) is 2.58. The maximum atomic E-state index is 12.2. The monoisotopic (exact) mass is 350 g/mol. The Hall–Kier alpha value is -2.99. The van der Waals surface area contributed by atoms with Gasteiger partial charge < -0.3 is 16.0 Å². The number of aromatic amines is 1. The van der Waals surface area contributed by atoms with Crippen LogP contribution < -0.4 is 11.1 Å². The highest BCUT2D eigenvalue weighted by atomic mass is 32.1. The minimum atomic E-state index is -0.0727. The summed E-state index contributed by atoms with van der Waals surface area (Å²) in [5, 5.41) is 2.87. The number of para-hydroxylation sites is 1. The topological polar surface area (TPSA) is 83.8 Å². The largest absolute Gasteiger partial charge is 0.369 e. The number of anilines is 2. The normalized spacial score (nSPS) is 10.4. The Kier molecular flexibility index (Phi) is 5.20. The summed E-state index contributed by atoms with van der Waals surface area (Å²) in [6, 6.07) is 19.1. The number of aromatic nitrogens is 2. The maximum Gasteiger partial charge on any atom is 0.224 e.